The first kappa shape index (κ1) is 21.9. The van der Waals surface area contributed by atoms with Gasteiger partial charge in [0.05, 0.1) is 6.10 Å². The van der Waals surface area contributed by atoms with Crippen LogP contribution in [0.4, 0.5) is 0 Å². The minimum atomic E-state index is -2.26. The van der Waals surface area contributed by atoms with Gasteiger partial charge in [-0.2, -0.15) is 0 Å². The summed E-state index contributed by atoms with van der Waals surface area (Å²) in [7, 11) is -3.81. The van der Waals surface area contributed by atoms with Gasteiger partial charge in [0.25, 0.3) is 0 Å². The van der Waals surface area contributed by atoms with Gasteiger partial charge in [-0.25, -0.2) is 0 Å². The van der Waals surface area contributed by atoms with Crippen LogP contribution >= 0.6 is 0 Å². The highest BCUT2D eigenvalue weighted by atomic mass is 28.4. The normalized spacial score (nSPS) is 26.0. The monoisotopic (exact) mass is 372 g/mol. The SMILES string of the molecule is CC1(C)OC(CCC(C)(C)[Si](C)(C)O)C([C@@H](O)C#C[Si](C)(C)C)O1. The Morgan fingerprint density at radius 1 is 1.12 bits per heavy atom. The van der Waals surface area contributed by atoms with Gasteiger partial charge in [-0.1, -0.05) is 39.4 Å². The lowest BCUT2D eigenvalue weighted by Gasteiger charge is -2.36. The zero-order valence-corrected chi connectivity index (χ0v) is 18.9. The van der Waals surface area contributed by atoms with Crippen molar-refractivity contribution in [3.63, 3.8) is 0 Å². The maximum Gasteiger partial charge on any atom is 0.188 e. The highest BCUT2D eigenvalue weighted by Crippen LogP contribution is 2.42. The smallest absolute Gasteiger partial charge is 0.188 e. The molecule has 0 aliphatic carbocycles. The van der Waals surface area contributed by atoms with Gasteiger partial charge in [0.15, 0.2) is 14.1 Å². The number of hydrogen-bond acceptors (Lipinski definition) is 4. The van der Waals surface area contributed by atoms with Gasteiger partial charge in [0.1, 0.15) is 20.3 Å². The van der Waals surface area contributed by atoms with Gasteiger partial charge in [-0.15, -0.1) is 5.54 Å². The summed E-state index contributed by atoms with van der Waals surface area (Å²) in [5.74, 6) is 2.27. The van der Waals surface area contributed by atoms with E-state index in [1.165, 1.54) is 0 Å². The van der Waals surface area contributed by atoms with Crippen LogP contribution in [0.3, 0.4) is 0 Å². The maximum absolute atomic E-state index is 10.5. The van der Waals surface area contributed by atoms with E-state index in [4.69, 9.17) is 9.47 Å². The molecule has 1 aliphatic rings. The van der Waals surface area contributed by atoms with Gasteiger partial charge in [-0.05, 0) is 44.8 Å². The van der Waals surface area contributed by atoms with E-state index in [0.717, 1.165) is 12.8 Å². The fourth-order valence-electron chi connectivity index (χ4n) is 2.54. The zero-order valence-electron chi connectivity index (χ0n) is 16.9. The molecule has 0 saturated carbocycles. The van der Waals surface area contributed by atoms with Crippen LogP contribution in [-0.2, 0) is 9.47 Å². The topological polar surface area (TPSA) is 58.9 Å². The van der Waals surface area contributed by atoms with Gasteiger partial charge < -0.3 is 19.4 Å². The van der Waals surface area contributed by atoms with Crippen LogP contribution in [0.1, 0.15) is 40.5 Å². The van der Waals surface area contributed by atoms with Gasteiger partial charge in [0, 0.05) is 0 Å². The number of aliphatic hydroxyl groups excluding tert-OH is 1. The van der Waals surface area contributed by atoms with E-state index < -0.39 is 34.4 Å². The van der Waals surface area contributed by atoms with Gasteiger partial charge in [-0.3, -0.25) is 0 Å². The van der Waals surface area contributed by atoms with Crippen molar-refractivity contribution >= 4 is 16.4 Å². The summed E-state index contributed by atoms with van der Waals surface area (Å²) < 4.78 is 11.9. The molecule has 0 aromatic rings. The van der Waals surface area contributed by atoms with Crippen LogP contribution in [0.15, 0.2) is 0 Å². The van der Waals surface area contributed by atoms with Crippen LogP contribution in [0.2, 0.25) is 37.8 Å². The van der Waals surface area contributed by atoms with Crippen molar-refractivity contribution in [3.05, 3.63) is 0 Å². The molecule has 1 heterocycles. The van der Waals surface area contributed by atoms with Crippen LogP contribution in [0.25, 0.3) is 0 Å². The summed E-state index contributed by atoms with van der Waals surface area (Å²) in [5.41, 5.74) is 3.21. The fraction of sp³-hybridized carbons (Fsp3) is 0.889. The van der Waals surface area contributed by atoms with E-state index in [1.807, 2.05) is 26.9 Å². The van der Waals surface area contributed by atoms with E-state index in [2.05, 4.69) is 45.0 Å². The molecule has 0 spiro atoms. The number of hydrogen-bond donors (Lipinski definition) is 2. The molecule has 0 aromatic carbocycles. The average molecular weight is 373 g/mol. The van der Waals surface area contributed by atoms with Crippen LogP contribution in [0.5, 0.6) is 0 Å². The maximum atomic E-state index is 10.5. The summed E-state index contributed by atoms with van der Waals surface area (Å²) >= 11 is 0. The van der Waals surface area contributed by atoms with Crippen LogP contribution in [0, 0.1) is 11.5 Å². The minimum absolute atomic E-state index is 0.122. The van der Waals surface area contributed by atoms with Gasteiger partial charge >= 0.3 is 0 Å². The molecule has 1 rings (SSSR count). The molecule has 2 unspecified atom stereocenters. The third-order valence-electron chi connectivity index (χ3n) is 4.84. The Balaban J connectivity index is 2.85. The summed E-state index contributed by atoms with van der Waals surface area (Å²) in [6.07, 6.45) is 0.0806. The Labute approximate surface area is 150 Å². The Morgan fingerprint density at radius 2 is 1.67 bits per heavy atom. The molecule has 0 bridgehead atoms. The van der Waals surface area contributed by atoms with E-state index in [1.54, 1.807) is 0 Å². The molecule has 1 aliphatic heterocycles. The van der Waals surface area contributed by atoms with Crippen molar-refractivity contribution in [2.75, 3.05) is 0 Å². The number of aliphatic hydroxyl groups is 1. The average Bonchev–Trinajstić information content (AvgIpc) is 2.67. The lowest BCUT2D eigenvalue weighted by molar-refractivity contribution is -0.152. The summed E-state index contributed by atoms with van der Waals surface area (Å²) in [6.45, 7) is 18.3. The molecule has 4 nitrogen and oxygen atoms in total. The van der Waals surface area contributed by atoms with Crippen molar-refractivity contribution in [1.82, 2.24) is 0 Å². The highest BCUT2D eigenvalue weighted by molar-refractivity contribution is 6.83. The molecule has 0 radical (unpaired) electrons. The molecule has 2 N–H and O–H groups in total. The minimum Gasteiger partial charge on any atom is -0.432 e. The van der Waals surface area contributed by atoms with E-state index >= 15 is 0 Å². The third kappa shape index (κ3) is 6.28. The van der Waals surface area contributed by atoms with Crippen molar-refractivity contribution < 1.29 is 19.4 Å². The Hall–Kier alpha value is -0.166. The first-order valence-electron chi connectivity index (χ1n) is 8.83. The molecule has 0 amide bonds. The first-order chi connectivity index (χ1) is 10.5. The van der Waals surface area contributed by atoms with Crippen molar-refractivity contribution in [2.24, 2.45) is 0 Å². The van der Waals surface area contributed by atoms with E-state index in [0.29, 0.717) is 0 Å². The Kier molecular flexibility index (Phi) is 6.58. The lowest BCUT2D eigenvalue weighted by atomic mass is 9.98. The molecular weight excluding hydrogens is 336 g/mol. The summed E-state index contributed by atoms with van der Waals surface area (Å²) in [5, 5.41) is 10.4. The zero-order chi connectivity index (χ0) is 19.0. The van der Waals surface area contributed by atoms with Gasteiger partial charge in [0.2, 0.25) is 0 Å². The highest BCUT2D eigenvalue weighted by Gasteiger charge is 2.46. The first-order valence-corrected chi connectivity index (χ1v) is 15.3. The fourth-order valence-corrected chi connectivity index (χ4v) is 3.87. The third-order valence-corrected chi connectivity index (χ3v) is 9.29. The largest absolute Gasteiger partial charge is 0.432 e. The molecule has 0 aromatic heterocycles. The lowest BCUT2D eigenvalue weighted by Crippen LogP contribution is -2.41. The van der Waals surface area contributed by atoms with Crippen LogP contribution in [-0.4, -0.2) is 50.4 Å². The predicted octanol–water partition coefficient (Wildman–Crippen LogP) is 3.51. The van der Waals surface area contributed by atoms with Crippen LogP contribution < -0.4 is 0 Å². The van der Waals surface area contributed by atoms with E-state index in [-0.39, 0.29) is 11.1 Å². The molecule has 3 atom stereocenters. The van der Waals surface area contributed by atoms with Crippen molar-refractivity contribution in [3.8, 4) is 11.5 Å². The molecule has 6 heteroatoms. The van der Waals surface area contributed by atoms with E-state index in [9.17, 15) is 9.90 Å². The summed E-state index contributed by atoms with van der Waals surface area (Å²) in [4.78, 5) is 10.5. The predicted molar refractivity (Wildman–Crippen MR) is 104 cm³/mol. The molecule has 1 saturated heterocycles. The Morgan fingerprint density at radius 3 is 2.12 bits per heavy atom. The molecule has 140 valence electrons. The second kappa shape index (κ2) is 7.22. The second-order valence-corrected chi connectivity index (χ2v) is 18.8. The summed E-state index contributed by atoms with van der Waals surface area (Å²) in [6, 6.07) is 0. The van der Waals surface area contributed by atoms with Crippen molar-refractivity contribution in [1.29, 1.82) is 0 Å². The molecule has 24 heavy (non-hydrogen) atoms. The number of ether oxygens (including phenoxy) is 2. The second-order valence-electron chi connectivity index (χ2n) is 9.58. The Bertz CT molecular complexity index is 492. The molecular formula is C18H36O4Si2. The standard InChI is InChI=1S/C18H36O4Si2/c1-17(2,24(8,9)20)12-10-15-16(22-18(3,4)21-15)14(19)11-13-23(5,6)7/h14-16,19-20H,10,12H2,1-9H3/t14-,15?,16?/m0/s1. The molecule has 1 fully saturated rings. The number of rotatable bonds is 5. The van der Waals surface area contributed by atoms with Crippen molar-refractivity contribution in [2.45, 2.75) is 102 Å². The quantitative estimate of drug-likeness (QED) is 0.573.